The zero-order valence-corrected chi connectivity index (χ0v) is 14.6. The van der Waals surface area contributed by atoms with Gasteiger partial charge in [0.05, 0.1) is 6.04 Å². The Hall–Kier alpha value is -3.09. The first-order valence-corrected chi connectivity index (χ1v) is 8.74. The molecule has 1 aliphatic rings. The van der Waals surface area contributed by atoms with Gasteiger partial charge in [-0.3, -0.25) is 14.5 Å². The van der Waals surface area contributed by atoms with Gasteiger partial charge >= 0.3 is 0 Å². The number of nitrogens with one attached hydrogen (secondary N) is 1. The Morgan fingerprint density at radius 1 is 1.31 bits per heavy atom. The van der Waals surface area contributed by atoms with Crippen LogP contribution < -0.4 is 5.32 Å². The highest BCUT2D eigenvalue weighted by Crippen LogP contribution is 2.29. The molecule has 0 bridgehead atoms. The summed E-state index contributed by atoms with van der Waals surface area (Å²) in [5.41, 5.74) is 3.88. The third kappa shape index (κ3) is 3.33. The lowest BCUT2D eigenvalue weighted by molar-refractivity contribution is -0.122. The molecule has 1 amide bonds. The summed E-state index contributed by atoms with van der Waals surface area (Å²) in [6.07, 6.45) is 9.82. The number of rotatable bonds is 4. The van der Waals surface area contributed by atoms with Gasteiger partial charge in [0.25, 0.3) is 0 Å². The fraction of sp³-hybridized carbons (Fsp3) is 0.316. The monoisotopic (exact) mass is 348 g/mol. The normalized spacial score (nSPS) is 16.1. The largest absolute Gasteiger partial charge is 0.348 e. The third-order valence-electron chi connectivity index (χ3n) is 4.66. The van der Waals surface area contributed by atoms with Gasteiger partial charge in [0.1, 0.15) is 6.54 Å². The molecule has 0 saturated carbocycles. The molecule has 1 N–H and O–H groups in total. The van der Waals surface area contributed by atoms with Crippen molar-refractivity contribution in [1.29, 1.82) is 0 Å². The molecule has 1 aliphatic carbocycles. The van der Waals surface area contributed by atoms with E-state index in [1.165, 1.54) is 0 Å². The van der Waals surface area contributed by atoms with Crippen molar-refractivity contribution in [3.05, 3.63) is 59.9 Å². The van der Waals surface area contributed by atoms with Gasteiger partial charge in [0.2, 0.25) is 5.91 Å². The van der Waals surface area contributed by atoms with Gasteiger partial charge in [-0.15, -0.1) is 0 Å². The number of amides is 1. The van der Waals surface area contributed by atoms with E-state index in [0.29, 0.717) is 5.82 Å². The highest BCUT2D eigenvalue weighted by atomic mass is 16.2. The standard InChI is InChI=1S/C19H20N6O/c1-13-7-9-22-25(13)12-18(26)23-16-5-2-6-17-15(16)11-21-19(24-17)14-4-3-8-20-10-14/h3-4,7-11,16H,2,5-6,12H2,1H3,(H,23,26)/t16-/m0/s1. The molecule has 132 valence electrons. The van der Waals surface area contributed by atoms with Crippen molar-refractivity contribution in [3.63, 3.8) is 0 Å². The Labute approximate surface area is 151 Å². The summed E-state index contributed by atoms with van der Waals surface area (Å²) in [4.78, 5) is 25.7. The van der Waals surface area contributed by atoms with Gasteiger partial charge in [-0.05, 0) is 44.4 Å². The van der Waals surface area contributed by atoms with E-state index in [9.17, 15) is 4.79 Å². The third-order valence-corrected chi connectivity index (χ3v) is 4.66. The van der Waals surface area contributed by atoms with Gasteiger partial charge in [0, 0.05) is 47.3 Å². The topological polar surface area (TPSA) is 85.6 Å². The fourth-order valence-electron chi connectivity index (χ4n) is 3.27. The van der Waals surface area contributed by atoms with Crippen LogP contribution in [0.5, 0.6) is 0 Å². The number of aromatic nitrogens is 5. The average molecular weight is 348 g/mol. The molecular formula is C19H20N6O. The van der Waals surface area contributed by atoms with E-state index in [0.717, 1.165) is 41.8 Å². The molecule has 0 unspecified atom stereocenters. The first-order valence-electron chi connectivity index (χ1n) is 8.74. The Morgan fingerprint density at radius 3 is 3.00 bits per heavy atom. The van der Waals surface area contributed by atoms with Crippen LogP contribution in [0.25, 0.3) is 11.4 Å². The van der Waals surface area contributed by atoms with Crippen molar-refractivity contribution in [1.82, 2.24) is 30.0 Å². The van der Waals surface area contributed by atoms with Gasteiger partial charge in [-0.25, -0.2) is 9.97 Å². The number of carbonyl (C=O) groups excluding carboxylic acids is 1. The molecule has 3 heterocycles. The summed E-state index contributed by atoms with van der Waals surface area (Å²) in [6, 6.07) is 5.66. The molecule has 1 atom stereocenters. The number of pyridine rings is 1. The number of fused-ring (bicyclic) bond motifs is 1. The lowest BCUT2D eigenvalue weighted by atomic mass is 9.92. The number of hydrogen-bond donors (Lipinski definition) is 1. The molecule has 3 aromatic heterocycles. The van der Waals surface area contributed by atoms with Crippen molar-refractivity contribution in [2.24, 2.45) is 0 Å². The summed E-state index contributed by atoms with van der Waals surface area (Å²) in [5.74, 6) is 0.627. The second-order valence-corrected chi connectivity index (χ2v) is 6.48. The van der Waals surface area contributed by atoms with E-state index in [1.54, 1.807) is 23.3 Å². The summed E-state index contributed by atoms with van der Waals surface area (Å²) < 4.78 is 1.70. The Balaban J connectivity index is 1.52. The van der Waals surface area contributed by atoms with Crippen LogP contribution >= 0.6 is 0 Å². The minimum Gasteiger partial charge on any atom is -0.348 e. The molecule has 26 heavy (non-hydrogen) atoms. The van der Waals surface area contributed by atoms with E-state index < -0.39 is 0 Å². The van der Waals surface area contributed by atoms with Crippen LogP contribution in [0.2, 0.25) is 0 Å². The van der Waals surface area contributed by atoms with Gasteiger partial charge < -0.3 is 5.32 Å². The van der Waals surface area contributed by atoms with Gasteiger partial charge in [0.15, 0.2) is 5.82 Å². The van der Waals surface area contributed by atoms with Crippen molar-refractivity contribution >= 4 is 5.91 Å². The predicted molar refractivity (Wildman–Crippen MR) is 96.0 cm³/mol. The number of nitrogens with zero attached hydrogens (tertiary/aromatic N) is 5. The molecular weight excluding hydrogens is 328 g/mol. The van der Waals surface area contributed by atoms with Crippen molar-refractivity contribution in [3.8, 4) is 11.4 Å². The summed E-state index contributed by atoms with van der Waals surface area (Å²) in [6.45, 7) is 2.16. The molecule has 0 saturated heterocycles. The van der Waals surface area contributed by atoms with E-state index >= 15 is 0 Å². The molecule has 7 nitrogen and oxygen atoms in total. The number of carbonyl (C=O) groups is 1. The second kappa shape index (κ2) is 7.03. The SMILES string of the molecule is Cc1ccnn1CC(=O)N[C@H]1CCCc2nc(-c3cccnc3)ncc21. The zero-order chi connectivity index (χ0) is 17.9. The maximum atomic E-state index is 12.4. The van der Waals surface area contributed by atoms with Crippen LogP contribution in [0.4, 0.5) is 0 Å². The minimum absolute atomic E-state index is 0.0500. The number of aryl methyl sites for hydroxylation is 2. The predicted octanol–water partition coefficient (Wildman–Crippen LogP) is 2.24. The van der Waals surface area contributed by atoms with Crippen LogP contribution in [-0.4, -0.2) is 30.6 Å². The van der Waals surface area contributed by atoms with Gasteiger partial charge in [-0.2, -0.15) is 5.10 Å². The maximum Gasteiger partial charge on any atom is 0.242 e. The van der Waals surface area contributed by atoms with Crippen LogP contribution in [0, 0.1) is 6.92 Å². The lowest BCUT2D eigenvalue weighted by Gasteiger charge is -2.25. The first-order chi connectivity index (χ1) is 12.7. The molecule has 3 aromatic rings. The van der Waals surface area contributed by atoms with Gasteiger partial charge in [-0.1, -0.05) is 0 Å². The van der Waals surface area contributed by atoms with Crippen LogP contribution in [-0.2, 0) is 17.8 Å². The van der Waals surface area contributed by atoms with E-state index in [1.807, 2.05) is 31.3 Å². The Morgan fingerprint density at radius 2 is 2.23 bits per heavy atom. The Kier molecular flexibility index (Phi) is 4.43. The van der Waals surface area contributed by atoms with E-state index in [4.69, 9.17) is 4.98 Å². The van der Waals surface area contributed by atoms with Crippen LogP contribution in [0.1, 0.15) is 35.8 Å². The summed E-state index contributed by atoms with van der Waals surface area (Å²) >= 11 is 0. The average Bonchev–Trinajstić information content (AvgIpc) is 3.07. The lowest BCUT2D eigenvalue weighted by Crippen LogP contribution is -2.34. The quantitative estimate of drug-likeness (QED) is 0.781. The molecule has 0 fully saturated rings. The highest BCUT2D eigenvalue weighted by molar-refractivity contribution is 5.76. The fourth-order valence-corrected chi connectivity index (χ4v) is 3.27. The maximum absolute atomic E-state index is 12.4. The molecule has 4 rings (SSSR count). The molecule has 7 heteroatoms. The second-order valence-electron chi connectivity index (χ2n) is 6.48. The van der Waals surface area contributed by atoms with Crippen LogP contribution in [0.15, 0.2) is 43.0 Å². The summed E-state index contributed by atoms with van der Waals surface area (Å²) in [5, 5.41) is 7.27. The number of hydrogen-bond acceptors (Lipinski definition) is 5. The van der Waals surface area contributed by atoms with Crippen LogP contribution in [0.3, 0.4) is 0 Å². The zero-order valence-electron chi connectivity index (χ0n) is 14.6. The summed E-state index contributed by atoms with van der Waals surface area (Å²) in [7, 11) is 0. The highest BCUT2D eigenvalue weighted by Gasteiger charge is 2.24. The molecule has 0 aliphatic heterocycles. The molecule has 0 spiro atoms. The van der Waals surface area contributed by atoms with Crippen molar-refractivity contribution < 1.29 is 4.79 Å². The van der Waals surface area contributed by atoms with Crippen molar-refractivity contribution in [2.45, 2.75) is 38.8 Å². The minimum atomic E-state index is -0.0509. The van der Waals surface area contributed by atoms with Crippen molar-refractivity contribution in [2.75, 3.05) is 0 Å². The first kappa shape index (κ1) is 16.4. The van der Waals surface area contributed by atoms with E-state index in [2.05, 4.69) is 20.4 Å². The Bertz CT molecular complexity index is 921. The molecule has 0 aromatic carbocycles. The molecule has 0 radical (unpaired) electrons. The smallest absolute Gasteiger partial charge is 0.242 e. The van der Waals surface area contributed by atoms with E-state index in [-0.39, 0.29) is 18.5 Å².